The van der Waals surface area contributed by atoms with Gasteiger partial charge >= 0.3 is 0 Å². The Bertz CT molecular complexity index is 383. The largest absolute Gasteiger partial charge is 0.494 e. The molecule has 0 saturated carbocycles. The molecular weight excluding hydrogens is 262 g/mol. The number of ether oxygens (including phenoxy) is 2. The van der Waals surface area contributed by atoms with Crippen LogP contribution >= 0.6 is 0 Å². The van der Waals surface area contributed by atoms with Crippen molar-refractivity contribution in [2.75, 3.05) is 26.3 Å². The fourth-order valence-corrected chi connectivity index (χ4v) is 2.56. The summed E-state index contributed by atoms with van der Waals surface area (Å²) in [6, 6.07) is 8.46. The van der Waals surface area contributed by atoms with Crippen molar-refractivity contribution in [2.24, 2.45) is 0 Å². The number of rotatable bonds is 9. The van der Waals surface area contributed by atoms with Crippen LogP contribution in [0, 0.1) is 0 Å². The molecule has 0 spiro atoms. The molecule has 1 aromatic carbocycles. The van der Waals surface area contributed by atoms with Gasteiger partial charge in [0, 0.05) is 13.2 Å². The standard InChI is InChI=1S/C18H29NO2/c1-15(2)16-7-9-17(10-8-16)20-12-4-3-11-19-14-18-6-5-13-21-18/h7-10,15,18-19H,3-6,11-14H2,1-2H3/t18-/m1/s1. The van der Waals surface area contributed by atoms with Gasteiger partial charge in [0.25, 0.3) is 0 Å². The maximum atomic E-state index is 5.77. The molecule has 1 N–H and O–H groups in total. The van der Waals surface area contributed by atoms with E-state index in [2.05, 4.69) is 43.4 Å². The Kier molecular flexibility index (Phi) is 7.04. The molecule has 1 aliphatic rings. The van der Waals surface area contributed by atoms with Gasteiger partial charge in [-0.15, -0.1) is 0 Å². The number of nitrogens with one attached hydrogen (secondary N) is 1. The van der Waals surface area contributed by atoms with Crippen LogP contribution in [0.2, 0.25) is 0 Å². The van der Waals surface area contributed by atoms with Crippen LogP contribution in [0.4, 0.5) is 0 Å². The molecule has 21 heavy (non-hydrogen) atoms. The van der Waals surface area contributed by atoms with Crippen molar-refractivity contribution in [3.63, 3.8) is 0 Å². The van der Waals surface area contributed by atoms with Crippen molar-refractivity contribution >= 4 is 0 Å². The third-order valence-corrected chi connectivity index (χ3v) is 3.96. The Hall–Kier alpha value is -1.06. The maximum Gasteiger partial charge on any atom is 0.119 e. The van der Waals surface area contributed by atoms with Crippen LogP contribution in [0.15, 0.2) is 24.3 Å². The second-order valence-corrected chi connectivity index (χ2v) is 6.12. The van der Waals surface area contributed by atoms with E-state index in [4.69, 9.17) is 9.47 Å². The highest BCUT2D eigenvalue weighted by Crippen LogP contribution is 2.18. The highest BCUT2D eigenvalue weighted by atomic mass is 16.5. The van der Waals surface area contributed by atoms with Gasteiger partial charge in [-0.1, -0.05) is 26.0 Å². The lowest BCUT2D eigenvalue weighted by Crippen LogP contribution is -2.27. The lowest BCUT2D eigenvalue weighted by Gasteiger charge is -2.11. The van der Waals surface area contributed by atoms with Gasteiger partial charge in [0.1, 0.15) is 5.75 Å². The highest BCUT2D eigenvalue weighted by molar-refractivity contribution is 5.28. The first-order valence-electron chi connectivity index (χ1n) is 8.31. The van der Waals surface area contributed by atoms with Crippen molar-refractivity contribution in [1.29, 1.82) is 0 Å². The average molecular weight is 291 g/mol. The molecule has 1 atom stereocenters. The Balaban J connectivity index is 1.49. The summed E-state index contributed by atoms with van der Waals surface area (Å²) in [4.78, 5) is 0. The van der Waals surface area contributed by atoms with E-state index in [0.717, 1.165) is 44.9 Å². The van der Waals surface area contributed by atoms with Gasteiger partial charge in [-0.25, -0.2) is 0 Å². The molecule has 0 bridgehead atoms. The predicted octanol–water partition coefficient (Wildman–Crippen LogP) is 3.74. The van der Waals surface area contributed by atoms with Gasteiger partial charge in [-0.2, -0.15) is 0 Å². The quantitative estimate of drug-likeness (QED) is 0.703. The third-order valence-electron chi connectivity index (χ3n) is 3.96. The van der Waals surface area contributed by atoms with Gasteiger partial charge in [0.05, 0.1) is 12.7 Å². The molecule has 0 amide bonds. The fraction of sp³-hybridized carbons (Fsp3) is 0.667. The van der Waals surface area contributed by atoms with E-state index in [1.54, 1.807) is 0 Å². The van der Waals surface area contributed by atoms with Crippen LogP contribution in [-0.2, 0) is 4.74 Å². The molecule has 3 heteroatoms. The minimum absolute atomic E-state index is 0.445. The number of benzene rings is 1. The average Bonchev–Trinajstić information content (AvgIpc) is 3.00. The molecule has 0 radical (unpaired) electrons. The summed E-state index contributed by atoms with van der Waals surface area (Å²) in [6.45, 7) is 8.20. The summed E-state index contributed by atoms with van der Waals surface area (Å²) in [5.41, 5.74) is 1.36. The SMILES string of the molecule is CC(C)c1ccc(OCCCCNC[C@H]2CCCO2)cc1. The van der Waals surface area contributed by atoms with Crippen molar-refractivity contribution in [2.45, 2.75) is 51.6 Å². The Morgan fingerprint density at radius 1 is 1.24 bits per heavy atom. The lowest BCUT2D eigenvalue weighted by molar-refractivity contribution is 0.110. The van der Waals surface area contributed by atoms with Crippen LogP contribution in [0.25, 0.3) is 0 Å². The zero-order chi connectivity index (χ0) is 14.9. The summed E-state index contributed by atoms with van der Waals surface area (Å²) in [5, 5.41) is 3.47. The molecule has 1 saturated heterocycles. The van der Waals surface area contributed by atoms with Crippen LogP contribution in [-0.4, -0.2) is 32.4 Å². The van der Waals surface area contributed by atoms with Crippen LogP contribution < -0.4 is 10.1 Å². The molecule has 3 nitrogen and oxygen atoms in total. The molecule has 1 aromatic rings. The summed E-state index contributed by atoms with van der Waals surface area (Å²) in [7, 11) is 0. The van der Waals surface area contributed by atoms with Crippen molar-refractivity contribution in [3.05, 3.63) is 29.8 Å². The zero-order valence-electron chi connectivity index (χ0n) is 13.4. The van der Waals surface area contributed by atoms with Crippen LogP contribution in [0.3, 0.4) is 0 Å². The normalized spacial score (nSPS) is 18.3. The highest BCUT2D eigenvalue weighted by Gasteiger charge is 2.13. The van der Waals surface area contributed by atoms with Crippen LogP contribution in [0.5, 0.6) is 5.75 Å². The molecule has 1 fully saturated rings. The Morgan fingerprint density at radius 2 is 2.05 bits per heavy atom. The van der Waals surface area contributed by atoms with Crippen LogP contribution in [0.1, 0.15) is 51.0 Å². The van der Waals surface area contributed by atoms with Gasteiger partial charge in [0.2, 0.25) is 0 Å². The molecular formula is C18H29NO2. The fourth-order valence-electron chi connectivity index (χ4n) is 2.56. The molecule has 0 aliphatic carbocycles. The molecule has 0 unspecified atom stereocenters. The lowest BCUT2D eigenvalue weighted by atomic mass is 10.0. The van der Waals surface area contributed by atoms with Crippen molar-refractivity contribution < 1.29 is 9.47 Å². The summed E-state index contributed by atoms with van der Waals surface area (Å²) in [6.07, 6.45) is 5.11. The van der Waals surface area contributed by atoms with Gasteiger partial charge in [-0.3, -0.25) is 0 Å². The van der Waals surface area contributed by atoms with E-state index in [1.807, 2.05) is 0 Å². The van der Waals surface area contributed by atoms with Crippen molar-refractivity contribution in [1.82, 2.24) is 5.32 Å². The minimum atomic E-state index is 0.445. The minimum Gasteiger partial charge on any atom is -0.494 e. The van der Waals surface area contributed by atoms with E-state index in [1.165, 1.54) is 18.4 Å². The molecule has 2 rings (SSSR count). The van der Waals surface area contributed by atoms with Gasteiger partial charge < -0.3 is 14.8 Å². The first-order valence-corrected chi connectivity index (χ1v) is 8.31. The van der Waals surface area contributed by atoms with Crippen molar-refractivity contribution in [3.8, 4) is 5.75 Å². The zero-order valence-corrected chi connectivity index (χ0v) is 13.4. The second-order valence-electron chi connectivity index (χ2n) is 6.12. The molecule has 0 aromatic heterocycles. The number of hydrogen-bond donors (Lipinski definition) is 1. The predicted molar refractivity (Wildman–Crippen MR) is 87.1 cm³/mol. The first kappa shape index (κ1) is 16.3. The smallest absolute Gasteiger partial charge is 0.119 e. The van der Waals surface area contributed by atoms with Gasteiger partial charge in [-0.05, 0) is 55.8 Å². The topological polar surface area (TPSA) is 30.5 Å². The maximum absolute atomic E-state index is 5.77. The second kappa shape index (κ2) is 9.06. The third kappa shape index (κ3) is 6.06. The summed E-state index contributed by atoms with van der Waals surface area (Å²) >= 11 is 0. The van der Waals surface area contributed by atoms with E-state index < -0.39 is 0 Å². The Labute approximate surface area is 129 Å². The summed E-state index contributed by atoms with van der Waals surface area (Å²) in [5.74, 6) is 1.56. The first-order chi connectivity index (χ1) is 10.3. The van der Waals surface area contributed by atoms with E-state index in [9.17, 15) is 0 Å². The van der Waals surface area contributed by atoms with E-state index in [-0.39, 0.29) is 0 Å². The van der Waals surface area contributed by atoms with Gasteiger partial charge in [0.15, 0.2) is 0 Å². The number of hydrogen-bond acceptors (Lipinski definition) is 3. The molecule has 1 aliphatic heterocycles. The molecule has 118 valence electrons. The van der Waals surface area contributed by atoms with E-state index in [0.29, 0.717) is 12.0 Å². The monoisotopic (exact) mass is 291 g/mol. The summed E-state index contributed by atoms with van der Waals surface area (Å²) < 4.78 is 11.3. The number of unbranched alkanes of at least 4 members (excludes halogenated alkanes) is 1. The molecule has 1 heterocycles. The Morgan fingerprint density at radius 3 is 2.71 bits per heavy atom. The van der Waals surface area contributed by atoms with E-state index >= 15 is 0 Å².